The number of piperidine rings is 2. The predicted molar refractivity (Wildman–Crippen MR) is 106 cm³/mol. The molecule has 5 nitrogen and oxygen atoms in total. The quantitative estimate of drug-likeness (QED) is 0.838. The molecule has 2 heterocycles. The van der Waals surface area contributed by atoms with Crippen molar-refractivity contribution in [3.8, 4) is 0 Å². The maximum absolute atomic E-state index is 13.1. The van der Waals surface area contributed by atoms with E-state index in [-0.39, 0.29) is 35.9 Å². The van der Waals surface area contributed by atoms with Gasteiger partial charge in [0.15, 0.2) is 0 Å². The fourth-order valence-corrected chi connectivity index (χ4v) is 4.41. The lowest BCUT2D eigenvalue weighted by Crippen LogP contribution is -2.59. The monoisotopic (exact) mass is 381 g/mol. The Bertz CT molecular complexity index is 827. The fourth-order valence-electron chi connectivity index (χ4n) is 4.41. The third kappa shape index (κ3) is 4.01. The van der Waals surface area contributed by atoms with Gasteiger partial charge in [0.1, 0.15) is 5.82 Å². The van der Waals surface area contributed by atoms with Crippen LogP contribution in [-0.4, -0.2) is 35.0 Å². The summed E-state index contributed by atoms with van der Waals surface area (Å²) in [5.74, 6) is -0.547. The van der Waals surface area contributed by atoms with Crippen molar-refractivity contribution in [1.82, 2.24) is 10.2 Å². The molecular weight excluding hydrogens is 357 g/mol. The number of anilines is 1. The topological polar surface area (TPSA) is 61.4 Å². The molecule has 0 aromatic heterocycles. The minimum Gasteiger partial charge on any atom is -0.349 e. The average Bonchev–Trinajstić information content (AvgIpc) is 2.68. The second-order valence-electron chi connectivity index (χ2n) is 7.59. The first-order chi connectivity index (χ1) is 13.6. The first-order valence-electron chi connectivity index (χ1n) is 9.81. The fraction of sp³-hybridized carbons (Fsp3) is 0.364. The van der Waals surface area contributed by atoms with E-state index in [4.69, 9.17) is 0 Å². The number of halogens is 1. The maximum atomic E-state index is 13.1. The highest BCUT2D eigenvalue weighted by molar-refractivity contribution is 5.94. The summed E-state index contributed by atoms with van der Waals surface area (Å²) in [4.78, 5) is 27.3. The van der Waals surface area contributed by atoms with Crippen molar-refractivity contribution < 1.29 is 14.0 Å². The number of urea groups is 1. The number of nitrogens with zero attached hydrogens (tertiary/aromatic N) is 1. The lowest BCUT2D eigenvalue weighted by Gasteiger charge is -2.48. The maximum Gasteiger partial charge on any atom is 0.322 e. The molecule has 2 aromatic rings. The van der Waals surface area contributed by atoms with Gasteiger partial charge in [0.05, 0.1) is 0 Å². The predicted octanol–water partition coefficient (Wildman–Crippen LogP) is 4.17. The van der Waals surface area contributed by atoms with E-state index in [1.807, 2.05) is 35.2 Å². The molecule has 4 rings (SSSR count). The van der Waals surface area contributed by atoms with Crippen molar-refractivity contribution in [3.05, 3.63) is 66.0 Å². The van der Waals surface area contributed by atoms with E-state index < -0.39 is 0 Å². The standard InChI is InChI=1S/C22H24FN3O2/c23-16-11-9-15(10-12-16)21(27)24-18-13-19-7-4-8-20(14-18)26(19)22(28)25-17-5-2-1-3-6-17/h1-3,5-6,9-12,18-20H,4,7-8,13-14H2,(H,24,27)(H,25,28)/t19-,20-/m0/s1. The van der Waals surface area contributed by atoms with Gasteiger partial charge in [-0.05, 0) is 68.5 Å². The highest BCUT2D eigenvalue weighted by Crippen LogP contribution is 2.34. The molecule has 0 radical (unpaired) electrons. The Kier molecular flexibility index (Phi) is 5.28. The van der Waals surface area contributed by atoms with Crippen LogP contribution in [0.25, 0.3) is 0 Å². The van der Waals surface area contributed by atoms with Gasteiger partial charge >= 0.3 is 6.03 Å². The summed E-state index contributed by atoms with van der Waals surface area (Å²) in [7, 11) is 0. The van der Waals surface area contributed by atoms with Crippen molar-refractivity contribution in [1.29, 1.82) is 0 Å². The summed E-state index contributed by atoms with van der Waals surface area (Å²) in [5.41, 5.74) is 1.24. The summed E-state index contributed by atoms with van der Waals surface area (Å²) < 4.78 is 13.1. The molecule has 0 aliphatic carbocycles. The molecule has 0 saturated carbocycles. The van der Waals surface area contributed by atoms with Gasteiger partial charge in [-0.1, -0.05) is 18.2 Å². The molecule has 146 valence electrons. The normalized spacial score (nSPS) is 23.8. The van der Waals surface area contributed by atoms with Crippen LogP contribution >= 0.6 is 0 Å². The lowest BCUT2D eigenvalue weighted by molar-refractivity contribution is 0.0577. The van der Waals surface area contributed by atoms with E-state index >= 15 is 0 Å². The molecule has 28 heavy (non-hydrogen) atoms. The van der Waals surface area contributed by atoms with Crippen molar-refractivity contribution in [3.63, 3.8) is 0 Å². The highest BCUT2D eigenvalue weighted by atomic mass is 19.1. The Morgan fingerprint density at radius 2 is 1.57 bits per heavy atom. The largest absolute Gasteiger partial charge is 0.349 e. The van der Waals surface area contributed by atoms with Gasteiger partial charge in [-0.2, -0.15) is 0 Å². The molecule has 3 amide bonds. The molecule has 2 fully saturated rings. The van der Waals surface area contributed by atoms with Gasteiger partial charge in [0.2, 0.25) is 0 Å². The number of benzene rings is 2. The van der Waals surface area contributed by atoms with Gasteiger partial charge < -0.3 is 15.5 Å². The molecule has 0 spiro atoms. The Hall–Kier alpha value is -2.89. The molecule has 2 bridgehead atoms. The van der Waals surface area contributed by atoms with Gasteiger partial charge in [0, 0.05) is 29.4 Å². The van der Waals surface area contributed by atoms with E-state index in [1.54, 1.807) is 0 Å². The third-order valence-corrected chi connectivity index (χ3v) is 5.68. The van der Waals surface area contributed by atoms with E-state index in [2.05, 4.69) is 10.6 Å². The van der Waals surface area contributed by atoms with Crippen LogP contribution in [0.15, 0.2) is 54.6 Å². The highest BCUT2D eigenvalue weighted by Gasteiger charge is 2.41. The van der Waals surface area contributed by atoms with Crippen molar-refractivity contribution in [2.24, 2.45) is 0 Å². The minimum atomic E-state index is -0.358. The van der Waals surface area contributed by atoms with Gasteiger partial charge in [-0.15, -0.1) is 0 Å². The van der Waals surface area contributed by atoms with Crippen LogP contribution in [-0.2, 0) is 0 Å². The molecule has 6 heteroatoms. The zero-order chi connectivity index (χ0) is 19.5. The lowest BCUT2D eigenvalue weighted by atomic mass is 9.82. The van der Waals surface area contributed by atoms with Crippen LogP contribution in [0.2, 0.25) is 0 Å². The van der Waals surface area contributed by atoms with Crippen molar-refractivity contribution in [2.75, 3.05) is 5.32 Å². The van der Waals surface area contributed by atoms with Gasteiger partial charge in [0.25, 0.3) is 5.91 Å². The molecule has 2 aromatic carbocycles. The Morgan fingerprint density at radius 1 is 0.929 bits per heavy atom. The van der Waals surface area contributed by atoms with Crippen LogP contribution in [0.5, 0.6) is 0 Å². The van der Waals surface area contributed by atoms with E-state index in [1.165, 1.54) is 24.3 Å². The van der Waals surface area contributed by atoms with Crippen LogP contribution in [0.1, 0.15) is 42.5 Å². The summed E-state index contributed by atoms with van der Waals surface area (Å²) in [6.45, 7) is 0. The summed E-state index contributed by atoms with van der Waals surface area (Å²) in [6, 6.07) is 15.2. The zero-order valence-electron chi connectivity index (χ0n) is 15.6. The number of carbonyl (C=O) groups is 2. The SMILES string of the molecule is O=C(NC1C[C@@H]2CCC[C@@H](C1)N2C(=O)Nc1ccccc1)c1ccc(F)cc1. The molecular formula is C22H24FN3O2. The van der Waals surface area contributed by atoms with Crippen LogP contribution in [0.3, 0.4) is 0 Å². The molecule has 2 aliphatic rings. The number of fused-ring (bicyclic) bond motifs is 2. The van der Waals surface area contributed by atoms with E-state index in [0.717, 1.165) is 37.8 Å². The molecule has 2 saturated heterocycles. The number of para-hydroxylation sites is 1. The summed E-state index contributed by atoms with van der Waals surface area (Å²) in [5, 5.41) is 6.06. The second kappa shape index (κ2) is 8.00. The number of rotatable bonds is 3. The Morgan fingerprint density at radius 3 is 2.21 bits per heavy atom. The molecule has 0 unspecified atom stereocenters. The molecule has 2 atom stereocenters. The van der Waals surface area contributed by atoms with Crippen LogP contribution < -0.4 is 10.6 Å². The average molecular weight is 381 g/mol. The number of carbonyl (C=O) groups excluding carboxylic acids is 2. The number of hydrogen-bond donors (Lipinski definition) is 2. The number of hydrogen-bond acceptors (Lipinski definition) is 2. The Balaban J connectivity index is 1.41. The van der Waals surface area contributed by atoms with Crippen molar-refractivity contribution >= 4 is 17.6 Å². The third-order valence-electron chi connectivity index (χ3n) is 5.68. The van der Waals surface area contributed by atoms with Crippen LogP contribution in [0, 0.1) is 5.82 Å². The molecule has 2 aliphatic heterocycles. The summed E-state index contributed by atoms with van der Waals surface area (Å²) in [6.07, 6.45) is 4.48. The number of nitrogens with one attached hydrogen (secondary N) is 2. The van der Waals surface area contributed by atoms with Gasteiger partial charge in [-0.25, -0.2) is 9.18 Å². The van der Waals surface area contributed by atoms with Crippen LogP contribution in [0.4, 0.5) is 14.9 Å². The smallest absolute Gasteiger partial charge is 0.322 e. The zero-order valence-corrected chi connectivity index (χ0v) is 15.6. The van der Waals surface area contributed by atoms with E-state index in [9.17, 15) is 14.0 Å². The second-order valence-corrected chi connectivity index (χ2v) is 7.59. The first kappa shape index (κ1) is 18.5. The minimum absolute atomic E-state index is 0.0219. The van der Waals surface area contributed by atoms with Crippen molar-refractivity contribution in [2.45, 2.75) is 50.2 Å². The summed E-state index contributed by atoms with van der Waals surface area (Å²) >= 11 is 0. The van der Waals surface area contributed by atoms with E-state index in [0.29, 0.717) is 5.56 Å². The number of amides is 3. The molecule has 2 N–H and O–H groups in total. The van der Waals surface area contributed by atoms with Gasteiger partial charge in [-0.3, -0.25) is 4.79 Å². The first-order valence-corrected chi connectivity index (χ1v) is 9.81. The Labute approximate surface area is 163 Å².